The maximum absolute atomic E-state index is 12.3. The molecule has 21 heavy (non-hydrogen) atoms. The molecule has 112 valence electrons. The highest BCUT2D eigenvalue weighted by molar-refractivity contribution is 8.01. The predicted molar refractivity (Wildman–Crippen MR) is 85.9 cm³/mol. The van der Waals surface area contributed by atoms with Crippen LogP contribution in [0.5, 0.6) is 0 Å². The van der Waals surface area contributed by atoms with Crippen LogP contribution in [-0.2, 0) is 4.79 Å². The van der Waals surface area contributed by atoms with Gasteiger partial charge in [0.05, 0.1) is 4.75 Å². The molecule has 0 aliphatic carbocycles. The molecule has 3 rings (SSSR count). The molecular weight excluding hydrogens is 286 g/mol. The lowest BCUT2D eigenvalue weighted by Crippen LogP contribution is -2.34. The third-order valence-corrected chi connectivity index (χ3v) is 5.51. The number of hydrogen-bond donors (Lipinski definition) is 2. The van der Waals surface area contributed by atoms with E-state index in [-0.39, 0.29) is 16.7 Å². The fourth-order valence-electron chi connectivity index (χ4n) is 2.66. The average Bonchev–Trinajstić information content (AvgIpc) is 3.09. The summed E-state index contributed by atoms with van der Waals surface area (Å²) in [5.74, 6) is 1.11. The molecule has 2 aliphatic rings. The first kappa shape index (κ1) is 14.3. The summed E-state index contributed by atoms with van der Waals surface area (Å²) in [4.78, 5) is 25.6. The zero-order valence-corrected chi connectivity index (χ0v) is 12.8. The first-order valence-corrected chi connectivity index (χ1v) is 8.18. The van der Waals surface area contributed by atoms with Gasteiger partial charge in [-0.25, -0.2) is 4.79 Å². The van der Waals surface area contributed by atoms with E-state index < -0.39 is 0 Å². The van der Waals surface area contributed by atoms with Crippen LogP contribution in [0.15, 0.2) is 24.3 Å². The normalized spacial score (nSPS) is 25.0. The van der Waals surface area contributed by atoms with E-state index in [0.717, 1.165) is 30.0 Å². The number of benzene rings is 1. The van der Waals surface area contributed by atoms with Crippen molar-refractivity contribution in [1.82, 2.24) is 5.32 Å². The highest BCUT2D eigenvalue weighted by Crippen LogP contribution is 2.38. The van der Waals surface area contributed by atoms with E-state index in [0.29, 0.717) is 13.1 Å². The zero-order valence-electron chi connectivity index (χ0n) is 12.0. The van der Waals surface area contributed by atoms with Gasteiger partial charge in [-0.1, -0.05) is 0 Å². The van der Waals surface area contributed by atoms with Gasteiger partial charge in [-0.15, -0.1) is 11.8 Å². The van der Waals surface area contributed by atoms with Crippen LogP contribution < -0.4 is 15.5 Å². The van der Waals surface area contributed by atoms with Gasteiger partial charge in [-0.2, -0.15) is 0 Å². The largest absolute Gasteiger partial charge is 0.336 e. The Kier molecular flexibility index (Phi) is 3.80. The van der Waals surface area contributed by atoms with Crippen molar-refractivity contribution in [2.75, 3.05) is 29.1 Å². The molecular formula is C15H19N3O2S. The fourth-order valence-corrected chi connectivity index (χ4v) is 3.87. The van der Waals surface area contributed by atoms with Gasteiger partial charge in [-0.3, -0.25) is 9.69 Å². The van der Waals surface area contributed by atoms with Crippen LogP contribution in [0.25, 0.3) is 0 Å². The molecule has 2 saturated heterocycles. The van der Waals surface area contributed by atoms with Crippen molar-refractivity contribution in [3.63, 3.8) is 0 Å². The standard InChI is InChI=1S/C15H19N3O2S/c1-15(7-2-10-21-15)13(19)17-11-3-5-12(6-4-11)18-9-8-16-14(18)20/h3-6H,2,7-10H2,1H3,(H,16,20)(H,17,19). The zero-order chi connectivity index (χ0) is 14.9. The summed E-state index contributed by atoms with van der Waals surface area (Å²) in [6.07, 6.45) is 2.02. The van der Waals surface area contributed by atoms with Gasteiger partial charge in [0.25, 0.3) is 0 Å². The quantitative estimate of drug-likeness (QED) is 0.901. The monoisotopic (exact) mass is 305 g/mol. The van der Waals surface area contributed by atoms with E-state index >= 15 is 0 Å². The van der Waals surface area contributed by atoms with Crippen molar-refractivity contribution in [2.45, 2.75) is 24.5 Å². The molecule has 3 amide bonds. The summed E-state index contributed by atoms with van der Waals surface area (Å²) in [7, 11) is 0. The number of thioether (sulfide) groups is 1. The van der Waals surface area contributed by atoms with E-state index in [1.807, 2.05) is 31.2 Å². The molecule has 0 spiro atoms. The van der Waals surface area contributed by atoms with Crippen LogP contribution in [-0.4, -0.2) is 35.5 Å². The Labute approximate surface area is 128 Å². The topological polar surface area (TPSA) is 61.4 Å². The summed E-state index contributed by atoms with van der Waals surface area (Å²) in [5.41, 5.74) is 1.63. The summed E-state index contributed by atoms with van der Waals surface area (Å²) in [6.45, 7) is 3.36. The van der Waals surface area contributed by atoms with Gasteiger partial charge in [0.1, 0.15) is 0 Å². The maximum atomic E-state index is 12.3. The number of carbonyl (C=O) groups is 2. The Morgan fingerprint density at radius 1 is 1.38 bits per heavy atom. The first-order valence-electron chi connectivity index (χ1n) is 7.19. The molecule has 1 aromatic carbocycles. The summed E-state index contributed by atoms with van der Waals surface area (Å²) >= 11 is 1.72. The summed E-state index contributed by atoms with van der Waals surface area (Å²) in [6, 6.07) is 7.36. The number of carbonyl (C=O) groups excluding carboxylic acids is 2. The molecule has 1 atom stereocenters. The molecule has 6 heteroatoms. The Hall–Kier alpha value is -1.69. The maximum Gasteiger partial charge on any atom is 0.321 e. The van der Waals surface area contributed by atoms with Gasteiger partial charge in [0.2, 0.25) is 5.91 Å². The Morgan fingerprint density at radius 2 is 2.14 bits per heavy atom. The Balaban J connectivity index is 1.67. The van der Waals surface area contributed by atoms with E-state index in [9.17, 15) is 9.59 Å². The molecule has 0 radical (unpaired) electrons. The number of nitrogens with zero attached hydrogens (tertiary/aromatic N) is 1. The predicted octanol–water partition coefficient (Wildman–Crippen LogP) is 2.44. The number of anilines is 2. The average molecular weight is 305 g/mol. The first-order chi connectivity index (χ1) is 10.1. The highest BCUT2D eigenvalue weighted by Gasteiger charge is 2.37. The van der Waals surface area contributed by atoms with Crippen molar-refractivity contribution >= 4 is 35.1 Å². The molecule has 5 nitrogen and oxygen atoms in total. The second-order valence-corrected chi connectivity index (χ2v) is 7.17. The third kappa shape index (κ3) is 2.85. The second kappa shape index (κ2) is 5.60. The van der Waals surface area contributed by atoms with Crippen LogP contribution in [0.4, 0.5) is 16.2 Å². The summed E-state index contributed by atoms with van der Waals surface area (Å²) < 4.78 is -0.312. The van der Waals surface area contributed by atoms with Gasteiger partial charge < -0.3 is 10.6 Å². The van der Waals surface area contributed by atoms with Crippen molar-refractivity contribution < 1.29 is 9.59 Å². The molecule has 1 unspecified atom stereocenters. The minimum Gasteiger partial charge on any atom is -0.336 e. The van der Waals surface area contributed by atoms with Crippen LogP contribution in [0.3, 0.4) is 0 Å². The van der Waals surface area contributed by atoms with Crippen molar-refractivity contribution in [3.05, 3.63) is 24.3 Å². The number of rotatable bonds is 3. The van der Waals surface area contributed by atoms with E-state index in [4.69, 9.17) is 0 Å². The molecule has 2 heterocycles. The Bertz CT molecular complexity index is 553. The summed E-state index contributed by atoms with van der Waals surface area (Å²) in [5, 5.41) is 5.75. The van der Waals surface area contributed by atoms with Gasteiger partial charge in [0, 0.05) is 24.5 Å². The van der Waals surface area contributed by atoms with Crippen molar-refractivity contribution in [1.29, 1.82) is 0 Å². The van der Waals surface area contributed by atoms with E-state index in [1.54, 1.807) is 16.7 Å². The van der Waals surface area contributed by atoms with Gasteiger partial charge in [0.15, 0.2) is 0 Å². The lowest BCUT2D eigenvalue weighted by Gasteiger charge is -2.21. The number of hydrogen-bond acceptors (Lipinski definition) is 3. The molecule has 2 N–H and O–H groups in total. The lowest BCUT2D eigenvalue weighted by atomic mass is 10.0. The SMILES string of the molecule is CC1(C(=O)Nc2ccc(N3CCNC3=O)cc2)CCCS1. The highest BCUT2D eigenvalue weighted by atomic mass is 32.2. The number of amides is 3. The molecule has 0 saturated carbocycles. The molecule has 2 fully saturated rings. The number of nitrogens with one attached hydrogen (secondary N) is 2. The smallest absolute Gasteiger partial charge is 0.321 e. The minimum absolute atomic E-state index is 0.0664. The number of urea groups is 1. The molecule has 2 aliphatic heterocycles. The molecule has 0 bridgehead atoms. The van der Waals surface area contributed by atoms with Gasteiger partial charge >= 0.3 is 6.03 Å². The van der Waals surface area contributed by atoms with Crippen LogP contribution in [0, 0.1) is 0 Å². The van der Waals surface area contributed by atoms with Crippen LogP contribution in [0.2, 0.25) is 0 Å². The van der Waals surface area contributed by atoms with Crippen molar-refractivity contribution in [3.8, 4) is 0 Å². The third-order valence-electron chi connectivity index (χ3n) is 3.99. The van der Waals surface area contributed by atoms with Crippen molar-refractivity contribution in [2.24, 2.45) is 0 Å². The van der Waals surface area contributed by atoms with E-state index in [1.165, 1.54) is 0 Å². The van der Waals surface area contributed by atoms with Crippen LogP contribution >= 0.6 is 11.8 Å². The van der Waals surface area contributed by atoms with E-state index in [2.05, 4.69) is 10.6 Å². The molecule has 0 aromatic heterocycles. The van der Waals surface area contributed by atoms with Gasteiger partial charge in [-0.05, 0) is 49.8 Å². The minimum atomic E-state index is -0.312. The lowest BCUT2D eigenvalue weighted by molar-refractivity contribution is -0.118. The second-order valence-electron chi connectivity index (χ2n) is 5.57. The van der Waals surface area contributed by atoms with Crippen LogP contribution in [0.1, 0.15) is 19.8 Å². The Morgan fingerprint density at radius 3 is 2.71 bits per heavy atom. The fraction of sp³-hybridized carbons (Fsp3) is 0.467. The molecule has 1 aromatic rings.